The molecule has 3 nitrogen and oxygen atoms in total. The number of rotatable bonds is 5. The molecule has 0 radical (unpaired) electrons. The predicted octanol–water partition coefficient (Wildman–Crippen LogP) is 11.7. The normalized spacial score (nSPS) is 17.2. The van der Waals surface area contributed by atoms with Crippen LogP contribution in [0.25, 0.3) is 88.7 Å². The zero-order valence-electron chi connectivity index (χ0n) is 44.5. The molecule has 0 spiro atoms. The van der Waals surface area contributed by atoms with Gasteiger partial charge in [0.15, 0.2) is 17.5 Å². The molecule has 8 aromatic carbocycles. The molecule has 0 saturated carbocycles. The van der Waals surface area contributed by atoms with E-state index in [2.05, 4.69) is 15.0 Å². The minimum Gasteiger partial charge on any atom is -0.208 e. The Hall–Kier alpha value is -6.45. The molecule has 48 heavy (non-hydrogen) atoms. The van der Waals surface area contributed by atoms with Gasteiger partial charge in [0, 0.05) is 16.7 Å². The molecule has 3 heteroatoms. The van der Waals surface area contributed by atoms with Gasteiger partial charge in [-0.2, -0.15) is 0 Å². The third-order valence-electron chi connectivity index (χ3n) is 7.62. The predicted molar refractivity (Wildman–Crippen MR) is 200 cm³/mol. The van der Waals surface area contributed by atoms with E-state index >= 15 is 0 Å². The molecule has 1 aromatic heterocycles. The zero-order valence-corrected chi connectivity index (χ0v) is 24.5. The van der Waals surface area contributed by atoms with E-state index in [-0.39, 0.29) is 11.2 Å². The molecule has 0 unspecified atom stereocenters. The van der Waals surface area contributed by atoms with Crippen molar-refractivity contribution in [2.24, 2.45) is 0 Å². The fraction of sp³-hybridized carbons (Fsp3) is 0. The van der Waals surface area contributed by atoms with Crippen molar-refractivity contribution in [1.82, 2.24) is 15.0 Å². The SMILES string of the molecule is [2H]c1c([2H])c([2H])c(-c2nc(-c3cccc(-c4ccccc4)c3)nc(-c3c([2H])c([2H])c(-c4c([2H])c([2H])c5c6c([2H])c([2H])c([2H])c([2H])c6c6c([2H])c([2H])c([2H])c([2H])c6c5c4[2H])c([2H])c3[2H])n2)c([2H])c1[2H]. The van der Waals surface area contributed by atoms with Crippen LogP contribution in [0.3, 0.4) is 0 Å². The quantitative estimate of drug-likeness (QED) is 0.177. The number of aromatic nitrogens is 3. The van der Waals surface area contributed by atoms with Gasteiger partial charge in [0.25, 0.3) is 0 Å². The van der Waals surface area contributed by atoms with Crippen molar-refractivity contribution in [1.29, 1.82) is 0 Å². The van der Waals surface area contributed by atoms with E-state index < -0.39 is 182 Å². The summed E-state index contributed by atoms with van der Waals surface area (Å²) in [5, 5.41) is -2.55. The number of fused-ring (bicyclic) bond motifs is 6. The van der Waals surface area contributed by atoms with Gasteiger partial charge in [-0.3, -0.25) is 0 Å². The van der Waals surface area contributed by atoms with Crippen molar-refractivity contribution in [3.05, 3.63) is 175 Å². The van der Waals surface area contributed by atoms with E-state index in [0.717, 1.165) is 5.56 Å². The fourth-order valence-corrected chi connectivity index (χ4v) is 5.39. The fourth-order valence-electron chi connectivity index (χ4n) is 5.39. The Morgan fingerprint density at radius 3 is 1.42 bits per heavy atom. The Labute approximate surface area is 307 Å². The van der Waals surface area contributed by atoms with Crippen molar-refractivity contribution in [3.8, 4) is 56.4 Å². The average molecular weight is 632 g/mol. The van der Waals surface area contributed by atoms with Gasteiger partial charge in [-0.1, -0.05) is 163 Å². The van der Waals surface area contributed by atoms with Crippen LogP contribution in [0, 0.1) is 0 Å². The monoisotopic (exact) mass is 631 g/mol. The summed E-state index contributed by atoms with van der Waals surface area (Å²) in [4.78, 5) is 13.5. The smallest absolute Gasteiger partial charge is 0.164 e. The van der Waals surface area contributed by atoms with Crippen LogP contribution < -0.4 is 0 Å². The van der Waals surface area contributed by atoms with Gasteiger partial charge < -0.3 is 0 Å². The maximum absolute atomic E-state index is 9.60. The standard InChI is InChI=1S/C45H29N3/c1-3-12-30(13-4-1)34-16-11-17-36(28-34)45-47-43(32-14-5-2-6-15-32)46-44(48-45)33-24-22-31(23-25-33)35-26-27-41-39-20-8-7-18-37(39)38-19-9-10-21-40(38)42(41)29-35/h1-29H/i2D,5D,6D,7D,8D,9D,10D,14D,15D,18D,19D,20D,21D,22D,23D,24D,25D,26D,27D,29D. The second-order valence-electron chi connectivity index (χ2n) is 10.5. The lowest BCUT2D eigenvalue weighted by Gasteiger charge is -2.12. The molecule has 0 bridgehead atoms. The maximum atomic E-state index is 9.60. The number of hydrogen-bond donors (Lipinski definition) is 0. The highest BCUT2D eigenvalue weighted by Crippen LogP contribution is 2.37. The van der Waals surface area contributed by atoms with Gasteiger partial charge in [-0.15, -0.1) is 0 Å². The molecule has 0 amide bonds. The summed E-state index contributed by atoms with van der Waals surface area (Å²) in [5.74, 6) is -1.14. The van der Waals surface area contributed by atoms with Crippen LogP contribution >= 0.6 is 0 Å². The minimum absolute atomic E-state index is 0.146. The summed E-state index contributed by atoms with van der Waals surface area (Å²) >= 11 is 0. The molecule has 1 heterocycles. The highest BCUT2D eigenvalue weighted by atomic mass is 15.0. The van der Waals surface area contributed by atoms with Crippen LogP contribution in [0.4, 0.5) is 0 Å². The van der Waals surface area contributed by atoms with E-state index in [1.165, 1.54) is 0 Å². The summed E-state index contributed by atoms with van der Waals surface area (Å²) in [6.45, 7) is 0. The zero-order chi connectivity index (χ0) is 49.3. The van der Waals surface area contributed by atoms with Crippen molar-refractivity contribution < 1.29 is 27.4 Å². The van der Waals surface area contributed by atoms with Crippen LogP contribution in [-0.2, 0) is 0 Å². The topological polar surface area (TPSA) is 38.7 Å². The van der Waals surface area contributed by atoms with Crippen molar-refractivity contribution in [2.75, 3.05) is 0 Å². The van der Waals surface area contributed by atoms with Crippen LogP contribution in [-0.4, -0.2) is 15.0 Å². The van der Waals surface area contributed by atoms with Crippen LogP contribution in [0.2, 0.25) is 0 Å². The first-order valence-corrected chi connectivity index (χ1v) is 14.6. The van der Waals surface area contributed by atoms with Gasteiger partial charge in [-0.25, -0.2) is 15.0 Å². The van der Waals surface area contributed by atoms with Crippen molar-refractivity contribution in [2.45, 2.75) is 0 Å². The Kier molecular flexibility index (Phi) is 3.45. The highest BCUT2D eigenvalue weighted by molar-refractivity contribution is 6.25. The summed E-state index contributed by atoms with van der Waals surface area (Å²) in [7, 11) is 0. The molecule has 0 atom stereocenters. The Balaban J connectivity index is 1.37. The van der Waals surface area contributed by atoms with E-state index in [1.54, 1.807) is 18.2 Å². The Morgan fingerprint density at radius 2 is 0.771 bits per heavy atom. The first-order chi connectivity index (χ1) is 32.1. The van der Waals surface area contributed by atoms with Gasteiger partial charge in [0.1, 0.15) is 0 Å². The molecule has 0 aliphatic carbocycles. The van der Waals surface area contributed by atoms with Gasteiger partial charge in [-0.05, 0) is 66.7 Å². The summed E-state index contributed by atoms with van der Waals surface area (Å²) in [6.07, 6.45) is 0. The van der Waals surface area contributed by atoms with Crippen molar-refractivity contribution >= 4 is 32.3 Å². The van der Waals surface area contributed by atoms with E-state index in [0.29, 0.717) is 11.1 Å². The third-order valence-corrected chi connectivity index (χ3v) is 7.62. The van der Waals surface area contributed by atoms with Crippen LogP contribution in [0.15, 0.2) is 175 Å². The van der Waals surface area contributed by atoms with E-state index in [9.17, 15) is 9.60 Å². The van der Waals surface area contributed by atoms with Gasteiger partial charge in [0.2, 0.25) is 0 Å². The van der Waals surface area contributed by atoms with E-state index in [1.807, 2.05) is 36.4 Å². The first-order valence-electron chi connectivity index (χ1n) is 24.6. The number of hydrogen-bond acceptors (Lipinski definition) is 3. The van der Waals surface area contributed by atoms with E-state index in [4.69, 9.17) is 17.8 Å². The molecule has 9 rings (SSSR count). The maximum Gasteiger partial charge on any atom is 0.164 e. The minimum atomic E-state index is -0.881. The molecule has 9 aromatic rings. The molecule has 0 fully saturated rings. The molecule has 224 valence electrons. The average Bonchev–Trinajstić information content (AvgIpc) is 3.34. The summed E-state index contributed by atoms with van der Waals surface area (Å²) in [6, 6.07) is 0.725. The van der Waals surface area contributed by atoms with Gasteiger partial charge >= 0.3 is 0 Å². The molecule has 0 aliphatic rings. The summed E-state index contributed by atoms with van der Waals surface area (Å²) in [5.41, 5.74) is -0.528. The number of nitrogens with zero attached hydrogens (tertiary/aromatic N) is 3. The lowest BCUT2D eigenvalue weighted by atomic mass is 9.92. The molecule has 0 saturated heterocycles. The largest absolute Gasteiger partial charge is 0.208 e. The lowest BCUT2D eigenvalue weighted by molar-refractivity contribution is 1.07. The molecule has 0 aliphatic heterocycles. The third kappa shape index (κ3) is 4.99. The molecular formula is C45H29N3. The Bertz CT molecular complexity index is 3650. The second-order valence-corrected chi connectivity index (χ2v) is 10.5. The Morgan fingerprint density at radius 1 is 0.312 bits per heavy atom. The second kappa shape index (κ2) is 11.7. The number of benzene rings is 8. The molecular weight excluding hydrogens is 583 g/mol. The summed E-state index contributed by atoms with van der Waals surface area (Å²) < 4.78 is 177. The highest BCUT2D eigenvalue weighted by Gasteiger charge is 2.14. The van der Waals surface area contributed by atoms with Gasteiger partial charge in [0.05, 0.1) is 27.4 Å². The first kappa shape index (κ1) is 14.1. The van der Waals surface area contributed by atoms with Crippen LogP contribution in [0.1, 0.15) is 27.4 Å². The van der Waals surface area contributed by atoms with Crippen molar-refractivity contribution in [3.63, 3.8) is 0 Å². The lowest BCUT2D eigenvalue weighted by Crippen LogP contribution is -2.00. The molecule has 0 N–H and O–H groups in total. The van der Waals surface area contributed by atoms with Crippen LogP contribution in [0.5, 0.6) is 0 Å².